The minimum absolute atomic E-state index is 0.242. The van der Waals surface area contributed by atoms with Gasteiger partial charge in [0, 0.05) is 6.54 Å². The molecule has 2 heterocycles. The molecule has 6 heteroatoms. The first kappa shape index (κ1) is 11.4. The van der Waals surface area contributed by atoms with Gasteiger partial charge in [-0.25, -0.2) is 4.79 Å². The molecule has 88 valence electrons. The topological polar surface area (TPSA) is 47.4 Å². The number of aryl methyl sites for hydroxylation is 2. The number of amides is 1. The summed E-state index contributed by atoms with van der Waals surface area (Å²) in [5, 5.41) is 4.39. The van der Waals surface area contributed by atoms with Crippen LogP contribution in [0.2, 0.25) is 0 Å². The van der Waals surface area contributed by atoms with E-state index in [0.29, 0.717) is 19.7 Å². The highest BCUT2D eigenvalue weighted by atomic mass is 79.9. The third kappa shape index (κ3) is 1.93. The first-order valence-electron chi connectivity index (χ1n) is 5.27. The summed E-state index contributed by atoms with van der Waals surface area (Å²) in [6.45, 7) is 6.46. The zero-order chi connectivity index (χ0) is 11.7. The molecule has 0 spiro atoms. The van der Waals surface area contributed by atoms with Crippen LogP contribution < -0.4 is 0 Å². The molecule has 1 aliphatic heterocycles. The number of hydrogen-bond acceptors (Lipinski definition) is 3. The molecule has 0 unspecified atom stereocenters. The van der Waals surface area contributed by atoms with Gasteiger partial charge in [0.05, 0.1) is 29.0 Å². The van der Waals surface area contributed by atoms with Crippen LogP contribution in [0.15, 0.2) is 4.47 Å². The van der Waals surface area contributed by atoms with Crippen molar-refractivity contribution < 1.29 is 9.53 Å². The standard InChI is InChI=1S/C10H14BrN3O2/c1-3-14-8(9(11)7(2)12-14)6-13-4-5-16-10(13)15/h3-6H2,1-2H3. The molecule has 1 aromatic rings. The molecule has 0 aromatic carbocycles. The van der Waals surface area contributed by atoms with Crippen molar-refractivity contribution in [1.82, 2.24) is 14.7 Å². The zero-order valence-electron chi connectivity index (χ0n) is 9.36. The summed E-state index contributed by atoms with van der Waals surface area (Å²) in [6, 6.07) is 0. The first-order chi connectivity index (χ1) is 7.63. The van der Waals surface area contributed by atoms with Gasteiger partial charge in [-0.15, -0.1) is 0 Å². The van der Waals surface area contributed by atoms with E-state index in [0.717, 1.165) is 22.4 Å². The lowest BCUT2D eigenvalue weighted by Gasteiger charge is -2.13. The van der Waals surface area contributed by atoms with Crippen LogP contribution in [0.1, 0.15) is 18.3 Å². The van der Waals surface area contributed by atoms with Gasteiger partial charge in [0.1, 0.15) is 6.61 Å². The molecule has 0 bridgehead atoms. The molecule has 1 aromatic heterocycles. The Morgan fingerprint density at radius 2 is 2.31 bits per heavy atom. The number of carbonyl (C=O) groups excluding carboxylic acids is 1. The van der Waals surface area contributed by atoms with Crippen molar-refractivity contribution in [3.05, 3.63) is 15.9 Å². The van der Waals surface area contributed by atoms with Crippen molar-refractivity contribution >= 4 is 22.0 Å². The Morgan fingerprint density at radius 1 is 1.56 bits per heavy atom. The number of hydrogen-bond donors (Lipinski definition) is 0. The molecular weight excluding hydrogens is 274 g/mol. The van der Waals surface area contributed by atoms with Crippen molar-refractivity contribution in [2.75, 3.05) is 13.2 Å². The smallest absolute Gasteiger partial charge is 0.410 e. The molecule has 16 heavy (non-hydrogen) atoms. The van der Waals surface area contributed by atoms with E-state index >= 15 is 0 Å². The quantitative estimate of drug-likeness (QED) is 0.853. The summed E-state index contributed by atoms with van der Waals surface area (Å²) < 4.78 is 7.79. The third-order valence-corrected chi connectivity index (χ3v) is 3.67. The number of ether oxygens (including phenoxy) is 1. The second kappa shape index (κ2) is 4.45. The molecule has 1 amide bonds. The van der Waals surface area contributed by atoms with Crippen LogP contribution in [0.3, 0.4) is 0 Å². The highest BCUT2D eigenvalue weighted by Crippen LogP contribution is 2.23. The predicted octanol–water partition coefficient (Wildman–Crippen LogP) is 1.93. The SMILES string of the molecule is CCn1nc(C)c(Br)c1CN1CCOC1=O. The Bertz CT molecular complexity index is 416. The van der Waals surface area contributed by atoms with Crippen LogP contribution in [0.4, 0.5) is 4.79 Å². The molecule has 1 saturated heterocycles. The van der Waals surface area contributed by atoms with Crippen molar-refractivity contribution in [3.8, 4) is 0 Å². The molecular formula is C10H14BrN3O2. The summed E-state index contributed by atoms with van der Waals surface area (Å²) in [5.74, 6) is 0. The Hall–Kier alpha value is -1.04. The van der Waals surface area contributed by atoms with E-state index in [1.807, 2.05) is 18.5 Å². The molecule has 2 rings (SSSR count). The fraction of sp³-hybridized carbons (Fsp3) is 0.600. The molecule has 0 radical (unpaired) electrons. The van der Waals surface area contributed by atoms with E-state index < -0.39 is 0 Å². The summed E-state index contributed by atoms with van der Waals surface area (Å²) in [7, 11) is 0. The number of cyclic esters (lactones) is 1. The predicted molar refractivity (Wildman–Crippen MR) is 62.1 cm³/mol. The largest absolute Gasteiger partial charge is 0.448 e. The summed E-state index contributed by atoms with van der Waals surface area (Å²) in [6.07, 6.45) is -0.242. The number of rotatable bonds is 3. The number of aromatic nitrogens is 2. The summed E-state index contributed by atoms with van der Waals surface area (Å²) >= 11 is 3.51. The minimum Gasteiger partial charge on any atom is -0.448 e. The highest BCUT2D eigenvalue weighted by molar-refractivity contribution is 9.10. The average Bonchev–Trinajstić information content (AvgIpc) is 2.78. The van der Waals surface area contributed by atoms with Crippen molar-refractivity contribution in [2.45, 2.75) is 26.9 Å². The monoisotopic (exact) mass is 287 g/mol. The molecule has 5 nitrogen and oxygen atoms in total. The van der Waals surface area contributed by atoms with Crippen LogP contribution in [0.5, 0.6) is 0 Å². The second-order valence-corrected chi connectivity index (χ2v) is 4.49. The van der Waals surface area contributed by atoms with Gasteiger partial charge in [0.15, 0.2) is 0 Å². The number of nitrogens with zero attached hydrogens (tertiary/aromatic N) is 3. The lowest BCUT2D eigenvalue weighted by molar-refractivity contribution is 0.156. The maximum atomic E-state index is 11.4. The highest BCUT2D eigenvalue weighted by Gasteiger charge is 2.24. The Morgan fingerprint density at radius 3 is 2.88 bits per heavy atom. The molecule has 1 fully saturated rings. The van der Waals surface area contributed by atoms with Gasteiger partial charge in [-0.2, -0.15) is 5.10 Å². The van der Waals surface area contributed by atoms with Crippen molar-refractivity contribution in [1.29, 1.82) is 0 Å². The fourth-order valence-electron chi connectivity index (χ4n) is 1.77. The van der Waals surface area contributed by atoms with Gasteiger partial charge < -0.3 is 4.74 Å². The van der Waals surface area contributed by atoms with Crippen molar-refractivity contribution in [2.24, 2.45) is 0 Å². The lowest BCUT2D eigenvalue weighted by Crippen LogP contribution is -2.25. The fourth-order valence-corrected chi connectivity index (χ4v) is 2.18. The average molecular weight is 288 g/mol. The maximum absolute atomic E-state index is 11.4. The molecule has 1 aliphatic rings. The van der Waals surface area contributed by atoms with E-state index in [4.69, 9.17) is 4.74 Å². The number of halogens is 1. The summed E-state index contributed by atoms with van der Waals surface area (Å²) in [5.41, 5.74) is 1.98. The van der Waals surface area contributed by atoms with Gasteiger partial charge in [0.2, 0.25) is 0 Å². The zero-order valence-corrected chi connectivity index (χ0v) is 11.0. The van der Waals surface area contributed by atoms with E-state index in [9.17, 15) is 4.79 Å². The van der Waals surface area contributed by atoms with Crippen molar-refractivity contribution in [3.63, 3.8) is 0 Å². The van der Waals surface area contributed by atoms with E-state index in [2.05, 4.69) is 21.0 Å². The van der Waals surface area contributed by atoms with Crippen LogP contribution in [0, 0.1) is 6.92 Å². The van der Waals surface area contributed by atoms with Crippen LogP contribution in [-0.4, -0.2) is 33.9 Å². The van der Waals surface area contributed by atoms with Gasteiger partial charge in [-0.05, 0) is 29.8 Å². The van der Waals surface area contributed by atoms with Gasteiger partial charge in [-0.3, -0.25) is 9.58 Å². The van der Waals surface area contributed by atoms with Gasteiger partial charge in [-0.1, -0.05) is 0 Å². The minimum atomic E-state index is -0.242. The lowest BCUT2D eigenvalue weighted by atomic mass is 10.3. The van der Waals surface area contributed by atoms with Crippen LogP contribution in [0.25, 0.3) is 0 Å². The van der Waals surface area contributed by atoms with Gasteiger partial charge in [0.25, 0.3) is 0 Å². The Kier molecular flexibility index (Phi) is 3.18. The normalized spacial score (nSPS) is 15.7. The molecule has 0 aliphatic carbocycles. The Balaban J connectivity index is 2.23. The molecule has 0 N–H and O–H groups in total. The van der Waals surface area contributed by atoms with Crippen LogP contribution in [-0.2, 0) is 17.8 Å². The Labute approximate surface area is 102 Å². The maximum Gasteiger partial charge on any atom is 0.410 e. The van der Waals surface area contributed by atoms with E-state index in [-0.39, 0.29) is 6.09 Å². The number of carbonyl (C=O) groups is 1. The first-order valence-corrected chi connectivity index (χ1v) is 6.06. The van der Waals surface area contributed by atoms with Gasteiger partial charge >= 0.3 is 6.09 Å². The van der Waals surface area contributed by atoms with E-state index in [1.165, 1.54) is 0 Å². The third-order valence-electron chi connectivity index (χ3n) is 2.64. The molecule has 0 atom stereocenters. The summed E-state index contributed by atoms with van der Waals surface area (Å²) in [4.78, 5) is 13.0. The second-order valence-electron chi connectivity index (χ2n) is 3.70. The van der Waals surface area contributed by atoms with E-state index in [1.54, 1.807) is 4.90 Å². The molecule has 0 saturated carbocycles. The van der Waals surface area contributed by atoms with Crippen LogP contribution >= 0.6 is 15.9 Å².